The van der Waals surface area contributed by atoms with Crippen LogP contribution in [0.2, 0.25) is 0 Å². The minimum atomic E-state index is -0.590. The third kappa shape index (κ3) is 3.49. The molecule has 1 aliphatic carbocycles. The van der Waals surface area contributed by atoms with Gasteiger partial charge in [0.25, 0.3) is 5.91 Å². The van der Waals surface area contributed by atoms with Gasteiger partial charge in [0.1, 0.15) is 17.9 Å². The number of hydrogen-bond acceptors (Lipinski definition) is 6. The number of amides is 3. The molecule has 1 aromatic carbocycles. The molecule has 4 fully saturated rings. The van der Waals surface area contributed by atoms with Crippen molar-refractivity contribution in [3.8, 4) is 5.75 Å². The third-order valence-electron chi connectivity index (χ3n) is 7.74. The lowest BCUT2D eigenvalue weighted by molar-refractivity contribution is -0.136. The molecule has 2 bridgehead atoms. The summed E-state index contributed by atoms with van der Waals surface area (Å²) < 4.78 is 12.5. The first-order valence-electron chi connectivity index (χ1n) is 11.9. The van der Waals surface area contributed by atoms with Crippen molar-refractivity contribution in [1.82, 2.24) is 15.1 Å². The molecule has 1 aromatic rings. The first kappa shape index (κ1) is 20.2. The number of carbonyl (C=O) groups is 3. The van der Waals surface area contributed by atoms with Gasteiger partial charge >= 0.3 is 0 Å². The standard InChI is InChI=1S/C24H29N3O5/c28-22-9-8-20(23(29)25-22)27-11-14-10-15(6-7-18(14)24(27)30)32-21-3-1-2-19(21)26-12-16-4-5-17(13-26)31-16/h6-7,10,16-17,19-21H,1-5,8-9,11-13H2,(H,25,28,29). The van der Waals surface area contributed by atoms with Crippen LogP contribution in [0.5, 0.6) is 5.75 Å². The summed E-state index contributed by atoms with van der Waals surface area (Å²) in [4.78, 5) is 40.8. The fraction of sp³-hybridized carbons (Fsp3) is 0.625. The van der Waals surface area contributed by atoms with Crippen molar-refractivity contribution < 1.29 is 23.9 Å². The molecule has 5 aliphatic rings. The highest BCUT2D eigenvalue weighted by Gasteiger charge is 2.42. The van der Waals surface area contributed by atoms with Gasteiger partial charge in [0.2, 0.25) is 11.8 Å². The summed E-state index contributed by atoms with van der Waals surface area (Å²) in [7, 11) is 0. The zero-order chi connectivity index (χ0) is 21.8. The number of rotatable bonds is 4. The van der Waals surface area contributed by atoms with Crippen LogP contribution in [0.3, 0.4) is 0 Å². The van der Waals surface area contributed by atoms with E-state index in [-0.39, 0.29) is 30.2 Å². The van der Waals surface area contributed by atoms with E-state index >= 15 is 0 Å². The third-order valence-corrected chi connectivity index (χ3v) is 7.74. The summed E-state index contributed by atoms with van der Waals surface area (Å²) >= 11 is 0. The van der Waals surface area contributed by atoms with Gasteiger partial charge in [0.15, 0.2) is 0 Å². The Morgan fingerprint density at radius 2 is 1.81 bits per heavy atom. The number of hydrogen-bond donors (Lipinski definition) is 1. The van der Waals surface area contributed by atoms with Crippen LogP contribution in [0.15, 0.2) is 18.2 Å². The molecule has 1 saturated carbocycles. The van der Waals surface area contributed by atoms with E-state index in [1.165, 1.54) is 12.8 Å². The van der Waals surface area contributed by atoms with Crippen LogP contribution in [0.1, 0.15) is 60.9 Å². The van der Waals surface area contributed by atoms with Crippen LogP contribution in [-0.4, -0.2) is 71.0 Å². The highest BCUT2D eigenvalue weighted by molar-refractivity contribution is 6.05. The Hall–Kier alpha value is -2.45. The second-order valence-electron chi connectivity index (χ2n) is 9.78. The normalized spacial score (nSPS) is 34.7. The van der Waals surface area contributed by atoms with Gasteiger partial charge < -0.3 is 14.4 Å². The number of nitrogens with zero attached hydrogens (tertiary/aromatic N) is 2. The fourth-order valence-electron chi connectivity index (χ4n) is 6.18. The largest absolute Gasteiger partial charge is 0.489 e. The van der Waals surface area contributed by atoms with Gasteiger partial charge in [-0.2, -0.15) is 0 Å². The molecular weight excluding hydrogens is 410 g/mol. The highest BCUT2D eigenvalue weighted by Crippen LogP contribution is 2.35. The monoisotopic (exact) mass is 439 g/mol. The Balaban J connectivity index is 1.15. The zero-order valence-electron chi connectivity index (χ0n) is 18.1. The van der Waals surface area contributed by atoms with E-state index in [9.17, 15) is 14.4 Å². The number of nitrogens with one attached hydrogen (secondary N) is 1. The van der Waals surface area contributed by atoms with Crippen molar-refractivity contribution in [2.45, 2.75) is 81.9 Å². The summed E-state index contributed by atoms with van der Waals surface area (Å²) in [5.74, 6) is -0.0176. The minimum absolute atomic E-state index is 0.147. The lowest BCUT2D eigenvalue weighted by atomic mass is 10.0. The zero-order valence-corrected chi connectivity index (χ0v) is 18.1. The Labute approximate surface area is 187 Å². The molecule has 6 rings (SSSR count). The van der Waals surface area contributed by atoms with Crippen molar-refractivity contribution in [2.75, 3.05) is 13.1 Å². The molecule has 8 heteroatoms. The Kier molecular flexibility index (Phi) is 4.95. The van der Waals surface area contributed by atoms with Gasteiger partial charge in [-0.3, -0.25) is 24.6 Å². The second kappa shape index (κ2) is 7.85. The molecule has 3 saturated heterocycles. The van der Waals surface area contributed by atoms with E-state index in [2.05, 4.69) is 10.2 Å². The quantitative estimate of drug-likeness (QED) is 0.718. The molecule has 4 heterocycles. The number of likely N-dealkylation sites (tertiary alicyclic amines) is 1. The molecule has 5 atom stereocenters. The number of piperidine rings is 1. The number of benzene rings is 1. The van der Waals surface area contributed by atoms with Gasteiger partial charge in [0.05, 0.1) is 12.2 Å². The molecule has 0 aromatic heterocycles. The summed E-state index contributed by atoms with van der Waals surface area (Å²) in [5, 5.41) is 2.35. The Morgan fingerprint density at radius 1 is 1.00 bits per heavy atom. The molecule has 1 N–H and O–H groups in total. The molecule has 32 heavy (non-hydrogen) atoms. The first-order valence-corrected chi connectivity index (χ1v) is 11.9. The highest BCUT2D eigenvalue weighted by atomic mass is 16.5. The van der Waals surface area contributed by atoms with Gasteiger partial charge in [-0.1, -0.05) is 0 Å². The summed E-state index contributed by atoms with van der Waals surface area (Å²) in [6, 6.07) is 5.48. The van der Waals surface area contributed by atoms with E-state index in [0.717, 1.165) is 43.7 Å². The van der Waals surface area contributed by atoms with Crippen molar-refractivity contribution >= 4 is 17.7 Å². The average Bonchev–Trinajstić information content (AvgIpc) is 3.46. The van der Waals surface area contributed by atoms with Gasteiger partial charge in [-0.05, 0) is 62.3 Å². The minimum Gasteiger partial charge on any atom is -0.489 e. The number of carbonyl (C=O) groups excluding carboxylic acids is 3. The molecular formula is C24H29N3O5. The van der Waals surface area contributed by atoms with Crippen molar-refractivity contribution in [2.24, 2.45) is 0 Å². The average molecular weight is 440 g/mol. The number of fused-ring (bicyclic) bond motifs is 3. The van der Waals surface area contributed by atoms with E-state index in [0.29, 0.717) is 36.8 Å². The van der Waals surface area contributed by atoms with Crippen LogP contribution in [0.25, 0.3) is 0 Å². The van der Waals surface area contributed by atoms with E-state index in [4.69, 9.17) is 9.47 Å². The molecule has 3 amide bonds. The number of ether oxygens (including phenoxy) is 2. The maximum absolute atomic E-state index is 12.9. The van der Waals surface area contributed by atoms with Crippen molar-refractivity contribution in [1.29, 1.82) is 0 Å². The molecule has 4 aliphatic heterocycles. The Bertz CT molecular complexity index is 953. The second-order valence-corrected chi connectivity index (χ2v) is 9.78. The lowest BCUT2D eigenvalue weighted by Crippen LogP contribution is -2.52. The molecule has 5 unspecified atom stereocenters. The van der Waals surface area contributed by atoms with Gasteiger partial charge in [-0.15, -0.1) is 0 Å². The number of imide groups is 1. The lowest BCUT2D eigenvalue weighted by Gasteiger charge is -2.38. The maximum Gasteiger partial charge on any atom is 0.255 e. The summed E-state index contributed by atoms with van der Waals surface area (Å²) in [5.41, 5.74) is 1.51. The molecule has 8 nitrogen and oxygen atoms in total. The van der Waals surface area contributed by atoms with Crippen molar-refractivity contribution in [3.63, 3.8) is 0 Å². The number of morpholine rings is 1. The van der Waals surface area contributed by atoms with Gasteiger partial charge in [0, 0.05) is 37.7 Å². The predicted octanol–water partition coefficient (Wildman–Crippen LogP) is 1.61. The Morgan fingerprint density at radius 3 is 2.59 bits per heavy atom. The predicted molar refractivity (Wildman–Crippen MR) is 114 cm³/mol. The van der Waals surface area contributed by atoms with Crippen LogP contribution in [-0.2, 0) is 20.9 Å². The summed E-state index contributed by atoms with van der Waals surface area (Å²) in [6.45, 7) is 2.37. The molecule has 0 radical (unpaired) electrons. The van der Waals surface area contributed by atoms with E-state index in [1.807, 2.05) is 18.2 Å². The van der Waals surface area contributed by atoms with Gasteiger partial charge in [-0.25, -0.2) is 0 Å². The maximum atomic E-state index is 12.9. The van der Waals surface area contributed by atoms with Crippen LogP contribution >= 0.6 is 0 Å². The molecule has 170 valence electrons. The smallest absolute Gasteiger partial charge is 0.255 e. The molecule has 0 spiro atoms. The van der Waals surface area contributed by atoms with Crippen molar-refractivity contribution in [3.05, 3.63) is 29.3 Å². The topological polar surface area (TPSA) is 88.2 Å². The van der Waals surface area contributed by atoms with Crippen LogP contribution in [0.4, 0.5) is 0 Å². The van der Waals surface area contributed by atoms with E-state index < -0.39 is 6.04 Å². The van der Waals surface area contributed by atoms with Crippen LogP contribution < -0.4 is 10.1 Å². The van der Waals surface area contributed by atoms with Crippen LogP contribution in [0, 0.1) is 0 Å². The van der Waals surface area contributed by atoms with E-state index in [1.54, 1.807) is 4.90 Å². The fourth-order valence-corrected chi connectivity index (χ4v) is 6.18. The SMILES string of the molecule is O=C1CCC(N2Cc3cc(OC4CCCC4N4CC5CCC(C4)O5)ccc3C2=O)C(=O)N1. The first-order chi connectivity index (χ1) is 15.5. The summed E-state index contributed by atoms with van der Waals surface area (Å²) in [6.07, 6.45) is 7.22.